The van der Waals surface area contributed by atoms with Gasteiger partial charge in [0.1, 0.15) is 17.6 Å². The molecule has 1 N–H and O–H groups in total. The van der Waals surface area contributed by atoms with E-state index in [1.165, 1.54) is 18.3 Å². The van der Waals surface area contributed by atoms with Crippen LogP contribution in [-0.2, 0) is 22.6 Å². The third kappa shape index (κ3) is 4.74. The molecule has 1 aromatic heterocycles. The lowest BCUT2D eigenvalue weighted by Gasteiger charge is -2.20. The van der Waals surface area contributed by atoms with E-state index in [9.17, 15) is 14.4 Å². The number of rotatable bonds is 8. The van der Waals surface area contributed by atoms with Crippen LogP contribution in [0, 0.1) is 0 Å². The van der Waals surface area contributed by atoms with E-state index >= 15 is 0 Å². The topological polar surface area (TPSA) is 92.1 Å². The molecule has 0 saturated carbocycles. The minimum atomic E-state index is -0.969. The Labute approximate surface area is 191 Å². The Balaban J connectivity index is 1.57. The number of hydrogen-bond acceptors (Lipinski definition) is 5. The zero-order valence-corrected chi connectivity index (χ0v) is 18.5. The maximum atomic E-state index is 13.3. The van der Waals surface area contributed by atoms with Crippen LogP contribution in [0.5, 0.6) is 5.75 Å². The normalized spacial score (nSPS) is 15.8. The fourth-order valence-corrected chi connectivity index (χ4v) is 3.78. The van der Waals surface area contributed by atoms with E-state index in [4.69, 9.17) is 9.15 Å². The second kappa shape index (κ2) is 9.60. The van der Waals surface area contributed by atoms with Crippen LogP contribution in [0.3, 0.4) is 0 Å². The second-order valence-corrected chi connectivity index (χ2v) is 7.68. The maximum absolute atomic E-state index is 13.3. The number of hydrogen-bond donors (Lipinski definition) is 1. The molecule has 1 fully saturated rings. The number of amides is 4. The number of nitrogens with one attached hydrogen (secondary N) is 1. The van der Waals surface area contributed by atoms with E-state index in [1.54, 1.807) is 36.4 Å². The van der Waals surface area contributed by atoms with Crippen molar-refractivity contribution < 1.29 is 23.5 Å². The summed E-state index contributed by atoms with van der Waals surface area (Å²) >= 11 is 0. The first-order valence-electron chi connectivity index (χ1n) is 10.7. The molecule has 2 aromatic carbocycles. The first-order valence-corrected chi connectivity index (χ1v) is 10.7. The number of benzene rings is 2. The number of anilines is 2. The summed E-state index contributed by atoms with van der Waals surface area (Å²) in [5.41, 5.74) is 2.17. The Morgan fingerprint density at radius 1 is 1.09 bits per heavy atom. The van der Waals surface area contributed by atoms with E-state index in [0.29, 0.717) is 22.9 Å². The lowest BCUT2D eigenvalue weighted by atomic mass is 10.1. The number of carbonyl (C=O) groups is 3. The number of imide groups is 1. The van der Waals surface area contributed by atoms with Gasteiger partial charge in [-0.1, -0.05) is 25.1 Å². The molecule has 1 aliphatic rings. The molecule has 2 heterocycles. The zero-order chi connectivity index (χ0) is 23.4. The number of carbonyl (C=O) groups excluding carboxylic acids is 3. The van der Waals surface area contributed by atoms with Crippen molar-refractivity contribution in [1.82, 2.24) is 4.90 Å². The predicted molar refractivity (Wildman–Crippen MR) is 123 cm³/mol. The molecule has 0 aliphatic carbocycles. The molecule has 8 nitrogen and oxygen atoms in total. The highest BCUT2D eigenvalue weighted by atomic mass is 16.5. The first kappa shape index (κ1) is 22.1. The van der Waals surface area contributed by atoms with Gasteiger partial charge in [0.05, 0.1) is 32.0 Å². The summed E-state index contributed by atoms with van der Waals surface area (Å²) in [6.07, 6.45) is 2.22. The Morgan fingerprint density at radius 2 is 1.88 bits per heavy atom. The second-order valence-electron chi connectivity index (χ2n) is 7.68. The zero-order valence-electron chi connectivity index (χ0n) is 18.5. The highest BCUT2D eigenvalue weighted by Gasteiger charge is 2.47. The van der Waals surface area contributed by atoms with Gasteiger partial charge in [0, 0.05) is 11.8 Å². The minimum Gasteiger partial charge on any atom is -0.497 e. The smallest absolute Gasteiger partial charge is 0.332 e. The molecule has 3 aromatic rings. The molecule has 0 bridgehead atoms. The van der Waals surface area contributed by atoms with Crippen LogP contribution in [0.1, 0.15) is 24.7 Å². The summed E-state index contributed by atoms with van der Waals surface area (Å²) in [6.45, 7) is 2.12. The van der Waals surface area contributed by atoms with Crippen LogP contribution in [0.4, 0.5) is 16.2 Å². The van der Waals surface area contributed by atoms with Crippen molar-refractivity contribution in [3.63, 3.8) is 0 Å². The largest absolute Gasteiger partial charge is 0.497 e. The van der Waals surface area contributed by atoms with E-state index in [2.05, 4.69) is 12.2 Å². The van der Waals surface area contributed by atoms with Gasteiger partial charge in [0.2, 0.25) is 5.91 Å². The van der Waals surface area contributed by atoms with Gasteiger partial charge in [-0.3, -0.25) is 9.59 Å². The van der Waals surface area contributed by atoms with Gasteiger partial charge in [-0.15, -0.1) is 0 Å². The maximum Gasteiger partial charge on any atom is 0.332 e. The standard InChI is InChI=1S/C25H25N3O5/c1-3-17-9-11-18(12-10-17)26-23(29)15-22-24(30)28(19-6-4-7-20(14-19)32-2)25(31)27(22)16-21-8-5-13-33-21/h4-14,22H,3,15-16H2,1-2H3,(H,26,29). The van der Waals surface area contributed by atoms with Crippen molar-refractivity contribution in [2.75, 3.05) is 17.3 Å². The van der Waals surface area contributed by atoms with E-state index < -0.39 is 18.0 Å². The molecule has 33 heavy (non-hydrogen) atoms. The van der Waals surface area contributed by atoms with Crippen LogP contribution < -0.4 is 15.0 Å². The predicted octanol–water partition coefficient (Wildman–Crippen LogP) is 4.22. The third-order valence-electron chi connectivity index (χ3n) is 5.56. The third-order valence-corrected chi connectivity index (χ3v) is 5.56. The average Bonchev–Trinajstić information content (AvgIpc) is 3.42. The Morgan fingerprint density at radius 3 is 2.55 bits per heavy atom. The van der Waals surface area contributed by atoms with Crippen LogP contribution in [0.15, 0.2) is 71.3 Å². The first-order chi connectivity index (χ1) is 16.0. The average molecular weight is 447 g/mol. The summed E-state index contributed by atoms with van der Waals surface area (Å²) in [5.74, 6) is 0.199. The van der Waals surface area contributed by atoms with Gasteiger partial charge < -0.3 is 19.4 Å². The molecule has 170 valence electrons. The summed E-state index contributed by atoms with van der Waals surface area (Å²) < 4.78 is 10.6. The summed E-state index contributed by atoms with van der Waals surface area (Å²) in [6, 6.07) is 16.1. The number of furan rings is 1. The lowest BCUT2D eigenvalue weighted by Crippen LogP contribution is -2.37. The Bertz CT molecular complexity index is 1140. The van der Waals surface area contributed by atoms with Crippen molar-refractivity contribution >= 4 is 29.2 Å². The molecule has 8 heteroatoms. The number of aryl methyl sites for hydroxylation is 1. The molecule has 4 rings (SSSR count). The Hall–Kier alpha value is -4.07. The SMILES string of the molecule is CCc1ccc(NC(=O)CC2C(=O)N(c3cccc(OC)c3)C(=O)N2Cc2ccco2)cc1. The van der Waals surface area contributed by atoms with Gasteiger partial charge in [0.25, 0.3) is 5.91 Å². The van der Waals surface area contributed by atoms with Crippen molar-refractivity contribution in [3.05, 3.63) is 78.3 Å². The Kier molecular flexibility index (Phi) is 6.44. The molecule has 1 aliphatic heterocycles. The van der Waals surface area contributed by atoms with Gasteiger partial charge in [-0.05, 0) is 48.4 Å². The summed E-state index contributed by atoms with van der Waals surface area (Å²) in [5, 5.41) is 2.82. The van der Waals surface area contributed by atoms with Crippen LogP contribution >= 0.6 is 0 Å². The van der Waals surface area contributed by atoms with Crippen LogP contribution in [-0.4, -0.2) is 35.9 Å². The van der Waals surface area contributed by atoms with Crippen molar-refractivity contribution in [1.29, 1.82) is 0 Å². The number of urea groups is 1. The van der Waals surface area contributed by atoms with Gasteiger partial charge in [-0.25, -0.2) is 9.69 Å². The lowest BCUT2D eigenvalue weighted by molar-refractivity contribution is -0.124. The fraction of sp³-hybridized carbons (Fsp3) is 0.240. The summed E-state index contributed by atoms with van der Waals surface area (Å²) in [7, 11) is 1.51. The molecule has 1 unspecified atom stereocenters. The van der Waals surface area contributed by atoms with Gasteiger partial charge in [0.15, 0.2) is 0 Å². The van der Waals surface area contributed by atoms with Gasteiger partial charge in [-0.2, -0.15) is 0 Å². The molecular weight excluding hydrogens is 422 g/mol. The quantitative estimate of drug-likeness (QED) is 0.522. The van der Waals surface area contributed by atoms with E-state index in [-0.39, 0.29) is 18.9 Å². The summed E-state index contributed by atoms with van der Waals surface area (Å²) in [4.78, 5) is 41.9. The molecule has 4 amide bonds. The highest BCUT2D eigenvalue weighted by Crippen LogP contribution is 2.30. The van der Waals surface area contributed by atoms with Crippen molar-refractivity contribution in [3.8, 4) is 5.75 Å². The highest BCUT2D eigenvalue weighted by molar-refractivity contribution is 6.22. The number of nitrogens with zero attached hydrogens (tertiary/aromatic N) is 2. The van der Waals surface area contributed by atoms with Crippen LogP contribution in [0.2, 0.25) is 0 Å². The van der Waals surface area contributed by atoms with E-state index in [1.807, 2.05) is 24.3 Å². The molecule has 1 atom stereocenters. The van der Waals surface area contributed by atoms with E-state index in [0.717, 1.165) is 16.9 Å². The number of ether oxygens (including phenoxy) is 1. The minimum absolute atomic E-state index is 0.0706. The van der Waals surface area contributed by atoms with Gasteiger partial charge >= 0.3 is 6.03 Å². The monoisotopic (exact) mass is 447 g/mol. The molecule has 0 radical (unpaired) electrons. The number of methoxy groups -OCH3 is 1. The van der Waals surface area contributed by atoms with Crippen molar-refractivity contribution in [2.45, 2.75) is 32.4 Å². The molecule has 0 spiro atoms. The molecule has 1 saturated heterocycles. The van der Waals surface area contributed by atoms with Crippen molar-refractivity contribution in [2.24, 2.45) is 0 Å². The molecular formula is C25H25N3O5. The fourth-order valence-electron chi connectivity index (χ4n) is 3.78. The van der Waals surface area contributed by atoms with Crippen LogP contribution in [0.25, 0.3) is 0 Å².